The molecule has 19 heavy (non-hydrogen) atoms. The van der Waals surface area contributed by atoms with Crippen LogP contribution in [0, 0.1) is 0 Å². The van der Waals surface area contributed by atoms with Gasteiger partial charge < -0.3 is 15.5 Å². The van der Waals surface area contributed by atoms with Crippen LogP contribution in [0.4, 0.5) is 5.69 Å². The molecule has 1 aromatic heterocycles. The van der Waals surface area contributed by atoms with E-state index in [1.807, 2.05) is 12.1 Å². The molecule has 98 valence electrons. The van der Waals surface area contributed by atoms with E-state index in [2.05, 4.69) is 15.5 Å². The van der Waals surface area contributed by atoms with E-state index in [9.17, 15) is 4.79 Å². The second-order valence-corrected chi connectivity index (χ2v) is 4.79. The van der Waals surface area contributed by atoms with Crippen molar-refractivity contribution in [3.63, 3.8) is 0 Å². The summed E-state index contributed by atoms with van der Waals surface area (Å²) in [6.07, 6.45) is 3.75. The zero-order chi connectivity index (χ0) is 13.3. The first-order valence-electron chi connectivity index (χ1n) is 6.14. The highest BCUT2D eigenvalue weighted by Crippen LogP contribution is 2.30. The fraction of sp³-hybridized carbons (Fsp3) is 0.308. The number of aromatic nitrogens is 2. The Morgan fingerprint density at radius 1 is 1.42 bits per heavy atom. The summed E-state index contributed by atoms with van der Waals surface area (Å²) in [5.41, 5.74) is 6.70. The Bertz CT molecular complexity index is 590. The van der Waals surface area contributed by atoms with E-state index < -0.39 is 5.54 Å². The van der Waals surface area contributed by atoms with Crippen LogP contribution in [-0.2, 0) is 4.79 Å². The van der Waals surface area contributed by atoms with Gasteiger partial charge in [0, 0.05) is 11.3 Å². The zero-order valence-electron chi connectivity index (χ0n) is 10.3. The van der Waals surface area contributed by atoms with Crippen molar-refractivity contribution in [2.24, 2.45) is 5.73 Å². The number of rotatable bonds is 3. The van der Waals surface area contributed by atoms with Crippen molar-refractivity contribution in [3.8, 4) is 11.5 Å². The summed E-state index contributed by atoms with van der Waals surface area (Å²) in [6.45, 7) is 0. The lowest BCUT2D eigenvalue weighted by molar-refractivity contribution is -0.123. The molecule has 6 heteroatoms. The van der Waals surface area contributed by atoms with E-state index in [4.69, 9.17) is 10.2 Å². The monoisotopic (exact) mass is 258 g/mol. The normalized spacial score (nSPS) is 16.7. The topological polar surface area (TPSA) is 94.0 Å². The van der Waals surface area contributed by atoms with Gasteiger partial charge in [-0.15, -0.1) is 10.2 Å². The summed E-state index contributed by atoms with van der Waals surface area (Å²) < 4.78 is 5.12. The molecule has 1 fully saturated rings. The van der Waals surface area contributed by atoms with Gasteiger partial charge in [-0.2, -0.15) is 0 Å². The van der Waals surface area contributed by atoms with Crippen molar-refractivity contribution >= 4 is 11.6 Å². The van der Waals surface area contributed by atoms with Gasteiger partial charge >= 0.3 is 0 Å². The van der Waals surface area contributed by atoms with Gasteiger partial charge in [0.2, 0.25) is 18.2 Å². The zero-order valence-corrected chi connectivity index (χ0v) is 10.3. The number of nitrogens with one attached hydrogen (secondary N) is 1. The molecule has 1 saturated carbocycles. The average Bonchev–Trinajstić information content (AvgIpc) is 2.90. The van der Waals surface area contributed by atoms with E-state index in [0.29, 0.717) is 11.6 Å². The Morgan fingerprint density at radius 2 is 2.26 bits per heavy atom. The summed E-state index contributed by atoms with van der Waals surface area (Å²) in [6, 6.07) is 7.25. The van der Waals surface area contributed by atoms with Crippen LogP contribution in [0.5, 0.6) is 0 Å². The number of carbonyl (C=O) groups is 1. The smallest absolute Gasteiger partial charge is 0.247 e. The van der Waals surface area contributed by atoms with Crippen molar-refractivity contribution in [2.75, 3.05) is 5.32 Å². The molecule has 3 rings (SSSR count). The Kier molecular flexibility index (Phi) is 2.79. The van der Waals surface area contributed by atoms with Crippen LogP contribution < -0.4 is 11.1 Å². The summed E-state index contributed by atoms with van der Waals surface area (Å²) >= 11 is 0. The predicted octanol–water partition coefficient (Wildman–Crippen LogP) is 1.56. The molecule has 0 unspecified atom stereocenters. The third-order valence-corrected chi connectivity index (χ3v) is 3.43. The standard InChI is InChI=1S/C13H14N4O2/c14-13(5-2-6-13)12(18)16-10-4-1-3-9(7-10)11-17-15-8-19-11/h1,3-4,7-8H,2,5-6,14H2,(H,16,18). The van der Waals surface area contributed by atoms with Gasteiger partial charge in [-0.05, 0) is 37.5 Å². The molecular formula is C13H14N4O2. The van der Waals surface area contributed by atoms with Gasteiger partial charge in [0.05, 0.1) is 5.54 Å². The molecule has 6 nitrogen and oxygen atoms in total. The van der Waals surface area contributed by atoms with Crippen LogP contribution >= 0.6 is 0 Å². The second-order valence-electron chi connectivity index (χ2n) is 4.79. The quantitative estimate of drug-likeness (QED) is 0.871. The summed E-state index contributed by atoms with van der Waals surface area (Å²) in [5, 5.41) is 10.3. The molecule has 0 saturated heterocycles. The predicted molar refractivity (Wildman–Crippen MR) is 69.1 cm³/mol. The number of nitrogens with zero attached hydrogens (tertiary/aromatic N) is 2. The van der Waals surface area contributed by atoms with Gasteiger partial charge in [0.15, 0.2) is 0 Å². The summed E-state index contributed by atoms with van der Waals surface area (Å²) in [7, 11) is 0. The van der Waals surface area contributed by atoms with Crippen LogP contribution in [-0.4, -0.2) is 21.6 Å². The Labute approximate surface area is 110 Å². The lowest BCUT2D eigenvalue weighted by Gasteiger charge is -2.36. The number of amides is 1. The molecule has 0 atom stereocenters. The highest BCUT2D eigenvalue weighted by Gasteiger charge is 2.40. The molecule has 2 aromatic rings. The minimum atomic E-state index is -0.708. The fourth-order valence-corrected chi connectivity index (χ4v) is 2.07. The van der Waals surface area contributed by atoms with Crippen LogP contribution in [0.3, 0.4) is 0 Å². The van der Waals surface area contributed by atoms with Crippen molar-refractivity contribution in [2.45, 2.75) is 24.8 Å². The van der Waals surface area contributed by atoms with Gasteiger partial charge in [0.25, 0.3) is 0 Å². The minimum absolute atomic E-state index is 0.138. The van der Waals surface area contributed by atoms with E-state index >= 15 is 0 Å². The maximum absolute atomic E-state index is 12.0. The number of nitrogens with two attached hydrogens (primary N) is 1. The summed E-state index contributed by atoms with van der Waals surface area (Å²) in [4.78, 5) is 12.0. The number of benzene rings is 1. The summed E-state index contributed by atoms with van der Waals surface area (Å²) in [5.74, 6) is 0.281. The van der Waals surface area contributed by atoms with Crippen molar-refractivity contribution in [1.82, 2.24) is 10.2 Å². The van der Waals surface area contributed by atoms with Crippen LogP contribution in [0.25, 0.3) is 11.5 Å². The van der Waals surface area contributed by atoms with Crippen LogP contribution in [0.15, 0.2) is 35.1 Å². The van der Waals surface area contributed by atoms with E-state index in [0.717, 1.165) is 24.8 Å². The highest BCUT2D eigenvalue weighted by molar-refractivity contribution is 5.98. The molecule has 0 spiro atoms. The Hall–Kier alpha value is -2.21. The lowest BCUT2D eigenvalue weighted by Crippen LogP contribution is -2.56. The maximum Gasteiger partial charge on any atom is 0.247 e. The van der Waals surface area contributed by atoms with Gasteiger partial charge in [-0.1, -0.05) is 6.07 Å². The molecular weight excluding hydrogens is 244 g/mol. The molecule has 0 radical (unpaired) electrons. The molecule has 3 N–H and O–H groups in total. The maximum atomic E-state index is 12.0. The molecule has 1 aromatic carbocycles. The largest absolute Gasteiger partial charge is 0.423 e. The number of hydrogen-bond donors (Lipinski definition) is 2. The first-order valence-corrected chi connectivity index (χ1v) is 6.14. The van der Waals surface area contributed by atoms with E-state index in [-0.39, 0.29) is 5.91 Å². The van der Waals surface area contributed by atoms with Crippen molar-refractivity contribution in [3.05, 3.63) is 30.7 Å². The van der Waals surface area contributed by atoms with Crippen LogP contribution in [0.1, 0.15) is 19.3 Å². The van der Waals surface area contributed by atoms with Crippen LogP contribution in [0.2, 0.25) is 0 Å². The fourth-order valence-electron chi connectivity index (χ4n) is 2.07. The molecule has 0 aliphatic heterocycles. The molecule has 1 heterocycles. The minimum Gasteiger partial charge on any atom is -0.423 e. The number of hydrogen-bond acceptors (Lipinski definition) is 5. The Morgan fingerprint density at radius 3 is 2.89 bits per heavy atom. The molecule has 1 amide bonds. The SMILES string of the molecule is NC1(C(=O)Nc2cccc(-c3nnco3)c2)CCC1. The van der Waals surface area contributed by atoms with Crippen molar-refractivity contribution < 1.29 is 9.21 Å². The van der Waals surface area contributed by atoms with E-state index in [1.165, 1.54) is 6.39 Å². The average molecular weight is 258 g/mol. The second kappa shape index (κ2) is 4.47. The van der Waals surface area contributed by atoms with Crippen molar-refractivity contribution in [1.29, 1.82) is 0 Å². The molecule has 0 bridgehead atoms. The number of carbonyl (C=O) groups excluding carboxylic acids is 1. The van der Waals surface area contributed by atoms with E-state index in [1.54, 1.807) is 12.1 Å². The lowest BCUT2D eigenvalue weighted by atomic mass is 9.77. The third-order valence-electron chi connectivity index (χ3n) is 3.43. The first kappa shape index (κ1) is 11.9. The number of anilines is 1. The first-order chi connectivity index (χ1) is 9.17. The third kappa shape index (κ3) is 2.22. The highest BCUT2D eigenvalue weighted by atomic mass is 16.4. The van der Waals surface area contributed by atoms with Gasteiger partial charge in [-0.25, -0.2) is 0 Å². The van der Waals surface area contributed by atoms with Gasteiger partial charge in [0.1, 0.15) is 0 Å². The Balaban J connectivity index is 1.78. The molecule has 1 aliphatic rings. The van der Waals surface area contributed by atoms with Gasteiger partial charge in [-0.3, -0.25) is 4.79 Å². The molecule has 1 aliphatic carbocycles.